The molecule has 0 fully saturated rings. The molecule has 0 unspecified atom stereocenters. The summed E-state index contributed by atoms with van der Waals surface area (Å²) in [5.74, 6) is 1.29. The molecular formula is C21H19N5O2. The van der Waals surface area contributed by atoms with Crippen molar-refractivity contribution in [1.82, 2.24) is 19.6 Å². The fourth-order valence-electron chi connectivity index (χ4n) is 2.78. The first-order valence-electron chi connectivity index (χ1n) is 8.91. The Balaban J connectivity index is 1.46. The third-order valence-electron chi connectivity index (χ3n) is 4.13. The van der Waals surface area contributed by atoms with E-state index in [1.165, 1.54) is 0 Å². The van der Waals surface area contributed by atoms with E-state index in [9.17, 15) is 4.79 Å². The van der Waals surface area contributed by atoms with Gasteiger partial charge in [-0.3, -0.25) is 4.79 Å². The smallest absolute Gasteiger partial charge is 0.252 e. The number of fused-ring (bicyclic) bond motifs is 1. The third kappa shape index (κ3) is 4.15. The summed E-state index contributed by atoms with van der Waals surface area (Å²) in [4.78, 5) is 20.9. The van der Waals surface area contributed by atoms with Crippen LogP contribution in [-0.4, -0.2) is 25.5 Å². The van der Waals surface area contributed by atoms with Crippen molar-refractivity contribution >= 4 is 17.4 Å². The minimum atomic E-state index is -0.218. The van der Waals surface area contributed by atoms with E-state index in [4.69, 9.17) is 4.74 Å². The predicted molar refractivity (Wildman–Crippen MR) is 105 cm³/mol. The number of ether oxygens (including phenoxy) is 1. The van der Waals surface area contributed by atoms with Crippen LogP contribution in [0.1, 0.15) is 17.0 Å². The van der Waals surface area contributed by atoms with Crippen molar-refractivity contribution in [1.29, 1.82) is 0 Å². The molecule has 0 spiro atoms. The number of benzene rings is 2. The fourth-order valence-corrected chi connectivity index (χ4v) is 2.78. The van der Waals surface area contributed by atoms with Crippen LogP contribution >= 0.6 is 0 Å². The van der Waals surface area contributed by atoms with Gasteiger partial charge in [-0.25, -0.2) is 9.50 Å². The lowest BCUT2D eigenvalue weighted by molar-refractivity contribution is -0.115. The standard InChI is InChI=1S/C21H19N5O2/c1-15-8-9-17(18(12-15)28-14-16-6-3-2-4-7-16)23-20(27)13-19-24-21-22-10-5-11-26(21)25-19/h2-12H,13-14H2,1H3,(H,23,27). The van der Waals surface area contributed by atoms with Crippen LogP contribution in [0.25, 0.3) is 5.78 Å². The Kier molecular flexibility index (Phi) is 4.97. The molecule has 4 rings (SSSR count). The summed E-state index contributed by atoms with van der Waals surface area (Å²) in [5, 5.41) is 7.15. The Morgan fingerprint density at radius 1 is 1.14 bits per heavy atom. The minimum Gasteiger partial charge on any atom is -0.487 e. The maximum atomic E-state index is 12.5. The molecule has 1 N–H and O–H groups in total. The number of amides is 1. The highest BCUT2D eigenvalue weighted by Gasteiger charge is 2.13. The second kappa shape index (κ2) is 7.87. The zero-order valence-corrected chi connectivity index (χ0v) is 15.4. The second-order valence-electron chi connectivity index (χ2n) is 6.39. The molecule has 0 aliphatic carbocycles. The normalized spacial score (nSPS) is 10.8. The van der Waals surface area contributed by atoms with Crippen LogP contribution in [0.3, 0.4) is 0 Å². The van der Waals surface area contributed by atoms with Gasteiger partial charge in [0.2, 0.25) is 5.91 Å². The monoisotopic (exact) mass is 373 g/mol. The van der Waals surface area contributed by atoms with Gasteiger partial charge < -0.3 is 10.1 Å². The number of aryl methyl sites for hydroxylation is 1. The third-order valence-corrected chi connectivity index (χ3v) is 4.13. The summed E-state index contributed by atoms with van der Waals surface area (Å²) in [6.45, 7) is 2.40. The summed E-state index contributed by atoms with van der Waals surface area (Å²) in [7, 11) is 0. The summed E-state index contributed by atoms with van der Waals surface area (Å²) in [6, 6.07) is 17.3. The number of carbonyl (C=O) groups excluding carboxylic acids is 1. The molecule has 0 aliphatic heterocycles. The van der Waals surface area contributed by atoms with Crippen LogP contribution < -0.4 is 10.1 Å². The Bertz CT molecular complexity index is 1080. The van der Waals surface area contributed by atoms with Crippen molar-refractivity contribution in [3.05, 3.63) is 83.9 Å². The van der Waals surface area contributed by atoms with E-state index in [0.29, 0.717) is 29.6 Å². The van der Waals surface area contributed by atoms with E-state index in [2.05, 4.69) is 20.4 Å². The van der Waals surface area contributed by atoms with Crippen LogP contribution in [0.15, 0.2) is 67.0 Å². The van der Waals surface area contributed by atoms with E-state index >= 15 is 0 Å². The molecule has 2 heterocycles. The number of aromatic nitrogens is 4. The first-order valence-corrected chi connectivity index (χ1v) is 8.91. The van der Waals surface area contributed by atoms with Gasteiger partial charge in [-0.1, -0.05) is 36.4 Å². The van der Waals surface area contributed by atoms with Crippen LogP contribution in [0.5, 0.6) is 5.75 Å². The van der Waals surface area contributed by atoms with E-state index in [1.807, 2.05) is 55.5 Å². The summed E-state index contributed by atoms with van der Waals surface area (Å²) in [5.41, 5.74) is 2.73. The average molecular weight is 373 g/mol. The van der Waals surface area contributed by atoms with Crippen molar-refractivity contribution in [2.75, 3.05) is 5.32 Å². The molecule has 2 aromatic carbocycles. The molecule has 28 heavy (non-hydrogen) atoms. The van der Waals surface area contributed by atoms with Gasteiger partial charge in [0.15, 0.2) is 5.82 Å². The number of nitrogens with one attached hydrogen (secondary N) is 1. The highest BCUT2D eigenvalue weighted by Crippen LogP contribution is 2.27. The first-order chi connectivity index (χ1) is 13.7. The van der Waals surface area contributed by atoms with Crippen molar-refractivity contribution in [3.8, 4) is 5.75 Å². The second-order valence-corrected chi connectivity index (χ2v) is 6.39. The molecule has 7 heteroatoms. The maximum absolute atomic E-state index is 12.5. The van der Waals surface area contributed by atoms with Crippen LogP contribution in [0.2, 0.25) is 0 Å². The number of hydrogen-bond acceptors (Lipinski definition) is 5. The molecule has 0 radical (unpaired) electrons. The lowest BCUT2D eigenvalue weighted by Gasteiger charge is -2.13. The Morgan fingerprint density at radius 2 is 2.00 bits per heavy atom. The molecule has 0 atom stereocenters. The van der Waals surface area contributed by atoms with Gasteiger partial charge in [0.25, 0.3) is 5.78 Å². The Labute approximate surface area is 162 Å². The van der Waals surface area contributed by atoms with Gasteiger partial charge in [-0.15, -0.1) is 5.10 Å². The number of rotatable bonds is 6. The summed E-state index contributed by atoms with van der Waals surface area (Å²) in [6.07, 6.45) is 3.43. The van der Waals surface area contributed by atoms with E-state index in [0.717, 1.165) is 11.1 Å². The minimum absolute atomic E-state index is 0.0510. The van der Waals surface area contributed by atoms with Crippen LogP contribution in [0, 0.1) is 6.92 Å². The quantitative estimate of drug-likeness (QED) is 0.561. The largest absolute Gasteiger partial charge is 0.487 e. The van der Waals surface area contributed by atoms with Gasteiger partial charge in [-0.05, 0) is 36.2 Å². The fraction of sp³-hybridized carbons (Fsp3) is 0.143. The molecular weight excluding hydrogens is 354 g/mol. The van der Waals surface area contributed by atoms with Crippen molar-refractivity contribution in [3.63, 3.8) is 0 Å². The Hall–Kier alpha value is -3.74. The molecule has 0 saturated carbocycles. The molecule has 1 amide bonds. The van der Waals surface area contributed by atoms with Crippen molar-refractivity contribution in [2.45, 2.75) is 20.0 Å². The van der Waals surface area contributed by atoms with Gasteiger partial charge in [0.05, 0.1) is 12.1 Å². The van der Waals surface area contributed by atoms with Gasteiger partial charge >= 0.3 is 0 Å². The van der Waals surface area contributed by atoms with Crippen molar-refractivity contribution < 1.29 is 9.53 Å². The number of carbonyl (C=O) groups is 1. The van der Waals surface area contributed by atoms with Gasteiger partial charge in [0.1, 0.15) is 12.4 Å². The average Bonchev–Trinajstić information content (AvgIpc) is 3.11. The van der Waals surface area contributed by atoms with Gasteiger partial charge in [0, 0.05) is 12.4 Å². The Morgan fingerprint density at radius 3 is 2.82 bits per heavy atom. The molecule has 7 nitrogen and oxygen atoms in total. The predicted octanol–water partition coefficient (Wildman–Crippen LogP) is 3.19. The molecule has 0 saturated heterocycles. The summed E-state index contributed by atoms with van der Waals surface area (Å²) < 4.78 is 7.49. The first kappa shape index (κ1) is 17.7. The topological polar surface area (TPSA) is 81.4 Å². The highest BCUT2D eigenvalue weighted by molar-refractivity contribution is 5.93. The van der Waals surface area contributed by atoms with Crippen molar-refractivity contribution in [2.24, 2.45) is 0 Å². The maximum Gasteiger partial charge on any atom is 0.252 e. The zero-order chi connectivity index (χ0) is 19.3. The molecule has 0 bridgehead atoms. The van der Waals surface area contributed by atoms with Crippen LogP contribution in [-0.2, 0) is 17.8 Å². The molecule has 4 aromatic rings. The lowest BCUT2D eigenvalue weighted by atomic mass is 10.2. The van der Waals surface area contributed by atoms with Gasteiger partial charge in [-0.2, -0.15) is 4.98 Å². The molecule has 0 aliphatic rings. The molecule has 140 valence electrons. The zero-order valence-electron chi connectivity index (χ0n) is 15.4. The highest BCUT2D eigenvalue weighted by atomic mass is 16.5. The summed E-state index contributed by atoms with van der Waals surface area (Å²) >= 11 is 0. The SMILES string of the molecule is Cc1ccc(NC(=O)Cc2nc3ncccn3n2)c(OCc2ccccc2)c1. The van der Waals surface area contributed by atoms with E-state index in [-0.39, 0.29) is 12.3 Å². The molecule has 2 aromatic heterocycles. The van der Waals surface area contributed by atoms with E-state index in [1.54, 1.807) is 23.0 Å². The van der Waals surface area contributed by atoms with E-state index < -0.39 is 0 Å². The lowest BCUT2D eigenvalue weighted by Crippen LogP contribution is -2.16. The number of nitrogens with zero attached hydrogens (tertiary/aromatic N) is 4. The number of hydrogen-bond donors (Lipinski definition) is 1. The van der Waals surface area contributed by atoms with Crippen LogP contribution in [0.4, 0.5) is 5.69 Å². The number of anilines is 1.